The zero-order chi connectivity index (χ0) is 24.6. The van der Waals surface area contributed by atoms with Crippen molar-refractivity contribution in [3.05, 3.63) is 72.3 Å². The molecule has 35 heavy (non-hydrogen) atoms. The molecule has 4 rings (SSSR count). The Morgan fingerprint density at radius 2 is 1.74 bits per heavy atom. The molecule has 0 aliphatic carbocycles. The zero-order valence-electron chi connectivity index (χ0n) is 19.9. The number of amides is 1. The molecule has 0 radical (unpaired) electrons. The second-order valence-corrected chi connectivity index (χ2v) is 9.20. The summed E-state index contributed by atoms with van der Waals surface area (Å²) in [6, 6.07) is 21.6. The van der Waals surface area contributed by atoms with Gasteiger partial charge in [0.1, 0.15) is 23.4 Å². The quantitative estimate of drug-likeness (QED) is 0.233. The van der Waals surface area contributed by atoms with E-state index in [4.69, 9.17) is 19.4 Å². The predicted octanol–water partition coefficient (Wildman–Crippen LogP) is 5.43. The van der Waals surface area contributed by atoms with Crippen molar-refractivity contribution < 1.29 is 24.2 Å². The van der Waals surface area contributed by atoms with Crippen molar-refractivity contribution in [2.75, 3.05) is 26.8 Å². The van der Waals surface area contributed by atoms with Crippen molar-refractivity contribution in [1.29, 1.82) is 0 Å². The molecule has 7 nitrogen and oxygen atoms in total. The number of para-hydroxylation sites is 1. The van der Waals surface area contributed by atoms with Gasteiger partial charge in [-0.25, -0.2) is 9.79 Å². The van der Waals surface area contributed by atoms with E-state index in [0.717, 1.165) is 53.5 Å². The van der Waals surface area contributed by atoms with E-state index in [-0.39, 0.29) is 6.10 Å². The van der Waals surface area contributed by atoms with E-state index < -0.39 is 5.91 Å². The largest absolute Gasteiger partial charge is 0.496 e. The third kappa shape index (κ3) is 6.08. The highest BCUT2D eigenvalue weighted by Crippen LogP contribution is 2.35. The highest BCUT2D eigenvalue weighted by molar-refractivity contribution is 7.97. The second kappa shape index (κ2) is 12.0. The lowest BCUT2D eigenvalue weighted by atomic mass is 10.0. The van der Waals surface area contributed by atoms with Gasteiger partial charge in [0.05, 0.1) is 19.3 Å². The molecule has 0 bridgehead atoms. The van der Waals surface area contributed by atoms with Gasteiger partial charge in [-0.15, -0.1) is 0 Å². The molecule has 0 aromatic heterocycles. The Morgan fingerprint density at radius 1 is 1.03 bits per heavy atom. The number of piperidine rings is 1. The Morgan fingerprint density at radius 3 is 2.43 bits per heavy atom. The lowest BCUT2D eigenvalue weighted by Crippen LogP contribution is -2.34. The molecule has 184 valence electrons. The summed E-state index contributed by atoms with van der Waals surface area (Å²) in [5.41, 5.74) is 4.20. The number of rotatable bonds is 9. The van der Waals surface area contributed by atoms with Crippen molar-refractivity contribution in [3.8, 4) is 28.4 Å². The van der Waals surface area contributed by atoms with Gasteiger partial charge in [0.2, 0.25) is 0 Å². The van der Waals surface area contributed by atoms with Crippen molar-refractivity contribution in [2.24, 2.45) is 0 Å². The molecule has 2 N–H and O–H groups in total. The second-order valence-electron chi connectivity index (χ2n) is 8.07. The van der Waals surface area contributed by atoms with Crippen LogP contribution in [0.1, 0.15) is 30.1 Å². The highest BCUT2D eigenvalue weighted by Gasteiger charge is 2.24. The van der Waals surface area contributed by atoms with Crippen LogP contribution >= 0.6 is 11.9 Å². The average Bonchev–Trinajstić information content (AvgIpc) is 2.90. The molecule has 0 saturated carbocycles. The maximum atomic E-state index is 12.2. The standard InChI is InChI=1S/C27H30N2O5S/c1-3-33-23-8-5-4-7-22(23)19-11-13-20(14-12-19)34-21-15-17-29(18-16-21)35-25-10-6-9-24(32-2)26(25)27(30)28-31/h4-14,21,31H,3,15-18H2,1-2H3,(H,28,30). The van der Waals surface area contributed by atoms with Gasteiger partial charge < -0.3 is 14.2 Å². The van der Waals surface area contributed by atoms with Crippen molar-refractivity contribution in [3.63, 3.8) is 0 Å². The first-order chi connectivity index (χ1) is 17.1. The average molecular weight is 495 g/mol. The van der Waals surface area contributed by atoms with E-state index in [1.807, 2.05) is 49.4 Å². The number of methoxy groups -OCH3 is 1. The molecule has 8 heteroatoms. The first kappa shape index (κ1) is 24.9. The van der Waals surface area contributed by atoms with E-state index in [9.17, 15) is 4.79 Å². The van der Waals surface area contributed by atoms with Crippen LogP contribution in [0.2, 0.25) is 0 Å². The number of ether oxygens (including phenoxy) is 3. The normalized spacial score (nSPS) is 14.4. The van der Waals surface area contributed by atoms with Crippen LogP contribution in [0.4, 0.5) is 0 Å². The van der Waals surface area contributed by atoms with E-state index in [2.05, 4.69) is 22.5 Å². The maximum Gasteiger partial charge on any atom is 0.279 e. The van der Waals surface area contributed by atoms with Crippen LogP contribution in [0.15, 0.2) is 71.6 Å². The minimum absolute atomic E-state index is 0.124. The van der Waals surface area contributed by atoms with E-state index in [1.165, 1.54) is 19.1 Å². The van der Waals surface area contributed by atoms with Crippen molar-refractivity contribution >= 4 is 17.9 Å². The van der Waals surface area contributed by atoms with E-state index in [1.54, 1.807) is 11.5 Å². The number of hydrogen-bond acceptors (Lipinski definition) is 7. The summed E-state index contributed by atoms with van der Waals surface area (Å²) in [6.45, 7) is 4.24. The summed E-state index contributed by atoms with van der Waals surface area (Å²) in [6.07, 6.45) is 1.86. The van der Waals surface area contributed by atoms with Gasteiger partial charge in [-0.2, -0.15) is 0 Å². The van der Waals surface area contributed by atoms with Gasteiger partial charge in [0.25, 0.3) is 5.91 Å². The SMILES string of the molecule is CCOc1ccccc1-c1ccc(OC2CCN(Sc3cccc(OC)c3C(=O)NO)CC2)cc1. The molecule has 1 aliphatic rings. The van der Waals surface area contributed by atoms with Crippen LogP contribution < -0.4 is 19.7 Å². The smallest absolute Gasteiger partial charge is 0.279 e. The number of carbonyl (C=O) groups excluding carboxylic acids is 1. The molecule has 1 aliphatic heterocycles. The van der Waals surface area contributed by atoms with Gasteiger partial charge in [-0.3, -0.25) is 10.0 Å². The van der Waals surface area contributed by atoms with Crippen LogP contribution in [0.5, 0.6) is 17.2 Å². The van der Waals surface area contributed by atoms with Crippen molar-refractivity contribution in [1.82, 2.24) is 9.79 Å². The number of carbonyl (C=O) groups is 1. The summed E-state index contributed by atoms with van der Waals surface area (Å²) < 4.78 is 19.5. The van der Waals surface area contributed by atoms with Gasteiger partial charge in [-0.05, 0) is 67.6 Å². The molecule has 0 spiro atoms. The van der Waals surface area contributed by atoms with Crippen LogP contribution in [-0.4, -0.2) is 48.3 Å². The Kier molecular flexibility index (Phi) is 8.52. The molecule has 3 aromatic carbocycles. The number of nitrogens with one attached hydrogen (secondary N) is 1. The molecule has 1 heterocycles. The molecule has 0 unspecified atom stereocenters. The minimum atomic E-state index is -0.588. The monoisotopic (exact) mass is 494 g/mol. The van der Waals surface area contributed by atoms with Gasteiger partial charge in [0.15, 0.2) is 0 Å². The first-order valence-corrected chi connectivity index (χ1v) is 12.4. The van der Waals surface area contributed by atoms with E-state index >= 15 is 0 Å². The Labute approximate surface area is 210 Å². The van der Waals surface area contributed by atoms with Gasteiger partial charge in [-0.1, -0.05) is 36.4 Å². The molecule has 3 aromatic rings. The third-order valence-electron chi connectivity index (χ3n) is 5.82. The Hall–Kier alpha value is -3.20. The summed E-state index contributed by atoms with van der Waals surface area (Å²) in [5.74, 6) is 1.57. The fraction of sp³-hybridized carbons (Fsp3) is 0.296. The van der Waals surface area contributed by atoms with E-state index in [0.29, 0.717) is 17.9 Å². The van der Waals surface area contributed by atoms with Crippen LogP contribution in [-0.2, 0) is 0 Å². The number of hydroxylamine groups is 1. The van der Waals surface area contributed by atoms with Gasteiger partial charge in [0, 0.05) is 23.5 Å². The first-order valence-electron chi connectivity index (χ1n) is 11.7. The molecule has 1 fully saturated rings. The van der Waals surface area contributed by atoms with Crippen LogP contribution in [0.3, 0.4) is 0 Å². The highest BCUT2D eigenvalue weighted by atomic mass is 32.2. The topological polar surface area (TPSA) is 80.3 Å². The molecule has 1 saturated heterocycles. The van der Waals surface area contributed by atoms with Crippen molar-refractivity contribution in [2.45, 2.75) is 30.8 Å². The number of nitrogens with zero attached hydrogens (tertiary/aromatic N) is 1. The Bertz CT molecular complexity index is 1130. The summed E-state index contributed by atoms with van der Waals surface area (Å²) in [7, 11) is 1.51. The lowest BCUT2D eigenvalue weighted by molar-refractivity contribution is 0.0699. The number of hydrogen-bond donors (Lipinski definition) is 2. The third-order valence-corrected chi connectivity index (χ3v) is 6.98. The lowest BCUT2D eigenvalue weighted by Gasteiger charge is -2.31. The fourth-order valence-corrected chi connectivity index (χ4v) is 5.20. The van der Waals surface area contributed by atoms with Gasteiger partial charge >= 0.3 is 0 Å². The zero-order valence-corrected chi connectivity index (χ0v) is 20.7. The fourth-order valence-electron chi connectivity index (χ4n) is 4.11. The summed E-state index contributed by atoms with van der Waals surface area (Å²) in [5, 5.41) is 9.13. The Balaban J connectivity index is 1.35. The van der Waals surface area contributed by atoms with Crippen LogP contribution in [0.25, 0.3) is 11.1 Å². The number of benzene rings is 3. The summed E-state index contributed by atoms with van der Waals surface area (Å²) >= 11 is 1.49. The molecule has 1 amide bonds. The minimum Gasteiger partial charge on any atom is -0.496 e. The van der Waals surface area contributed by atoms with Crippen LogP contribution in [0, 0.1) is 0 Å². The molecular weight excluding hydrogens is 464 g/mol. The predicted molar refractivity (Wildman–Crippen MR) is 136 cm³/mol. The molecule has 0 atom stereocenters. The summed E-state index contributed by atoms with van der Waals surface area (Å²) in [4.78, 5) is 12.9. The molecular formula is C27H30N2O5S. The maximum absolute atomic E-state index is 12.2.